The van der Waals surface area contributed by atoms with Gasteiger partial charge in [-0.15, -0.1) is 11.6 Å². The van der Waals surface area contributed by atoms with Crippen molar-refractivity contribution in [3.63, 3.8) is 0 Å². The summed E-state index contributed by atoms with van der Waals surface area (Å²) in [7, 11) is 1.24. The zero-order valence-corrected chi connectivity index (χ0v) is 17.4. The van der Waals surface area contributed by atoms with Crippen LogP contribution in [-0.4, -0.2) is 49.7 Å². The molecule has 0 N–H and O–H groups in total. The minimum absolute atomic E-state index is 0.373. The van der Waals surface area contributed by atoms with Gasteiger partial charge >= 0.3 is 7.12 Å². The maximum Gasteiger partial charge on any atom is 0.498 e. The summed E-state index contributed by atoms with van der Waals surface area (Å²) in [6.45, 7) is 9.86. The third kappa shape index (κ3) is 4.04. The Hall–Kier alpha value is -0.425. The quantitative estimate of drug-likeness (QED) is 0.501. The fourth-order valence-electron chi connectivity index (χ4n) is 2.64. The minimum atomic E-state index is -0.434. The molecule has 4 nitrogen and oxygen atoms in total. The maximum atomic E-state index is 6.14. The van der Waals surface area contributed by atoms with Gasteiger partial charge in [-0.3, -0.25) is 0 Å². The van der Waals surface area contributed by atoms with Crippen LogP contribution in [0.15, 0.2) is 18.2 Å². The molecule has 1 aromatic carbocycles. The molecule has 0 aromatic heterocycles. The summed E-state index contributed by atoms with van der Waals surface area (Å²) >= 11 is 9.42. The predicted molar refractivity (Wildman–Crippen MR) is 105 cm³/mol. The van der Waals surface area contributed by atoms with Gasteiger partial charge < -0.3 is 18.9 Å². The number of nitrogens with zero attached hydrogens (tertiary/aromatic N) is 1. The minimum Gasteiger partial charge on any atom is -0.497 e. The van der Waals surface area contributed by atoms with Crippen molar-refractivity contribution in [3.05, 3.63) is 18.2 Å². The summed E-state index contributed by atoms with van der Waals surface area (Å²) in [5, 5.41) is 0.880. The second kappa shape index (κ2) is 7.86. The van der Waals surface area contributed by atoms with E-state index >= 15 is 0 Å². The van der Waals surface area contributed by atoms with Crippen molar-refractivity contribution in [2.24, 2.45) is 0 Å². The summed E-state index contributed by atoms with van der Waals surface area (Å²) in [5.74, 6) is 1.34. The van der Waals surface area contributed by atoms with Crippen molar-refractivity contribution in [3.8, 4) is 5.75 Å². The Morgan fingerprint density at radius 1 is 1.17 bits per heavy atom. The lowest BCUT2D eigenvalue weighted by molar-refractivity contribution is 0.00578. The molecule has 1 aliphatic heterocycles. The van der Waals surface area contributed by atoms with Gasteiger partial charge in [0.25, 0.3) is 0 Å². The molecule has 0 amide bonds. The van der Waals surface area contributed by atoms with E-state index in [1.54, 1.807) is 7.11 Å². The summed E-state index contributed by atoms with van der Waals surface area (Å²) in [6, 6.07) is 6.11. The molecule has 0 atom stereocenters. The second-order valence-corrected chi connectivity index (χ2v) is 8.05. The molecule has 0 bridgehead atoms. The highest BCUT2D eigenvalue weighted by Gasteiger charge is 2.52. The lowest BCUT2D eigenvalue weighted by Crippen LogP contribution is -2.41. The van der Waals surface area contributed by atoms with Crippen molar-refractivity contribution in [2.75, 3.05) is 36.3 Å². The average molecular weight is 419 g/mol. The van der Waals surface area contributed by atoms with E-state index in [1.165, 1.54) is 0 Å². The standard InChI is InChI=1S/C17H26BBrClNO3/c1-16(2)17(3,4)24-18(23-16)14-7-6-13(12-15(14)22-5)21(10-8-19)11-9-20/h6-7,12H,8-11H2,1-5H3. The lowest BCUT2D eigenvalue weighted by Gasteiger charge is -2.32. The monoisotopic (exact) mass is 417 g/mol. The van der Waals surface area contributed by atoms with E-state index in [9.17, 15) is 0 Å². The molecule has 0 unspecified atom stereocenters. The van der Waals surface area contributed by atoms with Crippen molar-refractivity contribution in [1.82, 2.24) is 0 Å². The van der Waals surface area contributed by atoms with Crippen molar-refractivity contribution in [2.45, 2.75) is 38.9 Å². The molecular weight excluding hydrogens is 392 g/mol. The van der Waals surface area contributed by atoms with E-state index in [2.05, 4.69) is 26.9 Å². The van der Waals surface area contributed by atoms with Crippen LogP contribution in [0.1, 0.15) is 27.7 Å². The molecule has 2 rings (SSSR count). The number of halogens is 2. The molecule has 0 saturated carbocycles. The number of anilines is 1. The van der Waals surface area contributed by atoms with Crippen LogP contribution in [0.4, 0.5) is 5.69 Å². The van der Waals surface area contributed by atoms with E-state index in [0.717, 1.165) is 35.3 Å². The van der Waals surface area contributed by atoms with Crippen LogP contribution in [0.3, 0.4) is 0 Å². The van der Waals surface area contributed by atoms with Gasteiger partial charge in [-0.1, -0.05) is 22.0 Å². The smallest absolute Gasteiger partial charge is 0.497 e. The largest absolute Gasteiger partial charge is 0.498 e. The Labute approximate surface area is 159 Å². The first kappa shape index (κ1) is 19.9. The number of methoxy groups -OCH3 is 1. The highest BCUT2D eigenvalue weighted by Crippen LogP contribution is 2.37. The molecule has 1 aliphatic rings. The highest BCUT2D eigenvalue weighted by atomic mass is 79.9. The zero-order chi connectivity index (χ0) is 18.0. The van der Waals surface area contributed by atoms with Crippen LogP contribution in [-0.2, 0) is 9.31 Å². The number of hydrogen-bond acceptors (Lipinski definition) is 4. The van der Waals surface area contributed by atoms with Gasteiger partial charge in [-0.2, -0.15) is 0 Å². The van der Waals surface area contributed by atoms with Gasteiger partial charge in [-0.25, -0.2) is 0 Å². The zero-order valence-electron chi connectivity index (χ0n) is 15.1. The molecule has 1 aromatic rings. The second-order valence-electron chi connectivity index (χ2n) is 6.88. The number of ether oxygens (including phenoxy) is 1. The van der Waals surface area contributed by atoms with E-state index in [0.29, 0.717) is 5.88 Å². The van der Waals surface area contributed by atoms with Gasteiger partial charge in [0.2, 0.25) is 0 Å². The van der Waals surface area contributed by atoms with Crippen molar-refractivity contribution in [1.29, 1.82) is 0 Å². The van der Waals surface area contributed by atoms with E-state index in [-0.39, 0.29) is 11.2 Å². The fourth-order valence-corrected chi connectivity index (χ4v) is 3.27. The summed E-state index contributed by atoms with van der Waals surface area (Å²) in [4.78, 5) is 2.22. The molecule has 134 valence electrons. The van der Waals surface area contributed by atoms with Crippen molar-refractivity contribution >= 4 is 45.8 Å². The Bertz CT molecular complexity index is 549. The van der Waals surface area contributed by atoms with E-state index < -0.39 is 7.12 Å². The third-order valence-electron chi connectivity index (χ3n) is 4.80. The van der Waals surface area contributed by atoms with Crippen LogP contribution in [0.2, 0.25) is 0 Å². The number of alkyl halides is 2. The molecule has 1 fully saturated rings. The normalized spacial score (nSPS) is 18.7. The Kier molecular flexibility index (Phi) is 6.51. The van der Waals surface area contributed by atoms with Crippen LogP contribution < -0.4 is 15.1 Å². The van der Waals surface area contributed by atoms with Gasteiger partial charge in [0.05, 0.1) is 18.3 Å². The van der Waals surface area contributed by atoms with Crippen LogP contribution in [0.5, 0.6) is 5.75 Å². The van der Waals surface area contributed by atoms with Crippen LogP contribution in [0, 0.1) is 0 Å². The SMILES string of the molecule is COc1cc(N(CCCl)CCBr)ccc1B1OC(C)(C)C(C)(C)O1. The van der Waals surface area contributed by atoms with Crippen LogP contribution >= 0.6 is 27.5 Å². The van der Waals surface area contributed by atoms with Gasteiger partial charge in [0.1, 0.15) is 5.75 Å². The fraction of sp³-hybridized carbons (Fsp3) is 0.647. The molecule has 1 heterocycles. The summed E-state index contributed by atoms with van der Waals surface area (Å²) < 4.78 is 17.9. The summed E-state index contributed by atoms with van der Waals surface area (Å²) in [6.07, 6.45) is 0. The number of rotatable bonds is 7. The van der Waals surface area contributed by atoms with Gasteiger partial charge in [-0.05, 0) is 33.8 Å². The Morgan fingerprint density at radius 2 is 1.79 bits per heavy atom. The molecule has 24 heavy (non-hydrogen) atoms. The van der Waals surface area contributed by atoms with Gasteiger partial charge in [0, 0.05) is 41.5 Å². The third-order valence-corrected chi connectivity index (χ3v) is 5.32. The predicted octanol–water partition coefficient (Wildman–Crippen LogP) is 3.43. The highest BCUT2D eigenvalue weighted by molar-refractivity contribution is 9.09. The topological polar surface area (TPSA) is 30.9 Å². The van der Waals surface area contributed by atoms with Gasteiger partial charge in [0.15, 0.2) is 0 Å². The Balaban J connectivity index is 2.30. The lowest BCUT2D eigenvalue weighted by atomic mass is 9.78. The van der Waals surface area contributed by atoms with E-state index in [4.69, 9.17) is 25.6 Å². The maximum absolute atomic E-state index is 6.14. The van der Waals surface area contributed by atoms with Crippen LogP contribution in [0.25, 0.3) is 0 Å². The molecule has 0 spiro atoms. The number of hydrogen-bond donors (Lipinski definition) is 0. The first-order valence-electron chi connectivity index (χ1n) is 8.16. The average Bonchev–Trinajstić information content (AvgIpc) is 2.74. The molecule has 7 heteroatoms. The first-order valence-corrected chi connectivity index (χ1v) is 9.82. The molecule has 0 aliphatic carbocycles. The van der Waals surface area contributed by atoms with E-state index in [1.807, 2.05) is 39.8 Å². The summed E-state index contributed by atoms with van der Waals surface area (Å²) in [5.41, 5.74) is 1.24. The molecule has 1 saturated heterocycles. The molecular formula is C17H26BBrClNO3. The molecule has 0 radical (unpaired) electrons. The number of benzene rings is 1. The van der Waals surface area contributed by atoms with Crippen molar-refractivity contribution < 1.29 is 14.0 Å². The first-order chi connectivity index (χ1) is 11.3. The Morgan fingerprint density at radius 3 is 2.29 bits per heavy atom.